The molecule has 1 aliphatic rings. The second-order valence-electron chi connectivity index (χ2n) is 4.91. The quantitative estimate of drug-likeness (QED) is 0.691. The lowest BCUT2D eigenvalue weighted by atomic mass is 9.80. The molecule has 0 spiro atoms. The van der Waals surface area contributed by atoms with E-state index in [0.717, 1.165) is 12.3 Å². The van der Waals surface area contributed by atoms with Crippen LogP contribution in [-0.4, -0.2) is 4.57 Å². The van der Waals surface area contributed by atoms with Crippen LogP contribution in [0, 0.1) is 11.8 Å². The SMILES string of the molecule is CC1CCC(C)C(n2ccccc2=O)C1. The van der Waals surface area contributed by atoms with Gasteiger partial charge in [-0.15, -0.1) is 0 Å². The molecule has 0 saturated heterocycles. The van der Waals surface area contributed by atoms with E-state index in [2.05, 4.69) is 13.8 Å². The highest BCUT2D eigenvalue weighted by molar-refractivity contribution is 4.96. The zero-order valence-electron chi connectivity index (χ0n) is 9.52. The Morgan fingerprint density at radius 2 is 2.07 bits per heavy atom. The van der Waals surface area contributed by atoms with Gasteiger partial charge in [-0.3, -0.25) is 4.79 Å². The van der Waals surface area contributed by atoms with Crippen molar-refractivity contribution in [2.45, 2.75) is 39.2 Å². The van der Waals surface area contributed by atoms with Gasteiger partial charge >= 0.3 is 0 Å². The van der Waals surface area contributed by atoms with Crippen molar-refractivity contribution in [3.63, 3.8) is 0 Å². The molecule has 0 radical (unpaired) electrons. The second kappa shape index (κ2) is 4.21. The number of aromatic nitrogens is 1. The van der Waals surface area contributed by atoms with Crippen molar-refractivity contribution in [3.05, 3.63) is 34.7 Å². The molecule has 3 unspecified atom stereocenters. The van der Waals surface area contributed by atoms with Crippen molar-refractivity contribution in [3.8, 4) is 0 Å². The minimum absolute atomic E-state index is 0.142. The fraction of sp³-hybridized carbons (Fsp3) is 0.615. The molecule has 2 rings (SSSR count). The van der Waals surface area contributed by atoms with Crippen LogP contribution in [0.4, 0.5) is 0 Å². The molecule has 3 atom stereocenters. The zero-order chi connectivity index (χ0) is 10.8. The summed E-state index contributed by atoms with van der Waals surface area (Å²) >= 11 is 0. The van der Waals surface area contributed by atoms with E-state index in [4.69, 9.17) is 0 Å². The van der Waals surface area contributed by atoms with Crippen LogP contribution in [0.3, 0.4) is 0 Å². The molecule has 2 nitrogen and oxygen atoms in total. The van der Waals surface area contributed by atoms with E-state index >= 15 is 0 Å². The average molecular weight is 205 g/mol. The van der Waals surface area contributed by atoms with Gasteiger partial charge < -0.3 is 4.57 Å². The molecule has 1 heterocycles. The Morgan fingerprint density at radius 1 is 1.27 bits per heavy atom. The van der Waals surface area contributed by atoms with Crippen LogP contribution in [0.1, 0.15) is 39.2 Å². The van der Waals surface area contributed by atoms with Crippen LogP contribution in [0.2, 0.25) is 0 Å². The van der Waals surface area contributed by atoms with Crippen LogP contribution >= 0.6 is 0 Å². The molecule has 15 heavy (non-hydrogen) atoms. The van der Waals surface area contributed by atoms with Gasteiger partial charge in [0.2, 0.25) is 0 Å². The van der Waals surface area contributed by atoms with Crippen molar-refractivity contribution in [2.24, 2.45) is 11.8 Å². The van der Waals surface area contributed by atoms with Gasteiger partial charge in [-0.05, 0) is 30.7 Å². The average Bonchev–Trinajstić information content (AvgIpc) is 2.23. The first-order valence-electron chi connectivity index (χ1n) is 5.85. The van der Waals surface area contributed by atoms with Gasteiger partial charge in [0.15, 0.2) is 0 Å². The lowest BCUT2D eigenvalue weighted by molar-refractivity contribution is 0.203. The Labute approximate surface area is 90.9 Å². The highest BCUT2D eigenvalue weighted by atomic mass is 16.1. The van der Waals surface area contributed by atoms with Crippen molar-refractivity contribution < 1.29 is 0 Å². The first kappa shape index (κ1) is 10.5. The normalized spacial score (nSPS) is 31.5. The zero-order valence-corrected chi connectivity index (χ0v) is 9.52. The summed E-state index contributed by atoms with van der Waals surface area (Å²) in [7, 11) is 0. The second-order valence-corrected chi connectivity index (χ2v) is 4.91. The lowest BCUT2D eigenvalue weighted by Gasteiger charge is -2.33. The third-order valence-corrected chi connectivity index (χ3v) is 3.62. The maximum Gasteiger partial charge on any atom is 0.250 e. The van der Waals surface area contributed by atoms with Crippen LogP contribution in [0.25, 0.3) is 0 Å². The number of hydrogen-bond acceptors (Lipinski definition) is 1. The fourth-order valence-corrected chi connectivity index (χ4v) is 2.60. The minimum Gasteiger partial charge on any atom is -0.312 e. The van der Waals surface area contributed by atoms with Gasteiger partial charge in [-0.25, -0.2) is 0 Å². The van der Waals surface area contributed by atoms with Gasteiger partial charge in [0, 0.05) is 18.3 Å². The summed E-state index contributed by atoms with van der Waals surface area (Å²) in [5.41, 5.74) is 0.142. The van der Waals surface area contributed by atoms with Gasteiger partial charge in [0.1, 0.15) is 0 Å². The lowest BCUT2D eigenvalue weighted by Crippen LogP contribution is -2.31. The Morgan fingerprint density at radius 3 is 2.80 bits per heavy atom. The first-order chi connectivity index (χ1) is 7.18. The van der Waals surface area contributed by atoms with Crippen LogP contribution in [0.15, 0.2) is 29.2 Å². The Kier molecular flexibility index (Phi) is 2.94. The number of hydrogen-bond donors (Lipinski definition) is 0. The fourth-order valence-electron chi connectivity index (χ4n) is 2.60. The monoisotopic (exact) mass is 205 g/mol. The van der Waals surface area contributed by atoms with Crippen molar-refractivity contribution in [1.29, 1.82) is 0 Å². The van der Waals surface area contributed by atoms with E-state index in [1.165, 1.54) is 12.8 Å². The van der Waals surface area contributed by atoms with Crippen molar-refractivity contribution in [2.75, 3.05) is 0 Å². The van der Waals surface area contributed by atoms with E-state index in [9.17, 15) is 4.79 Å². The summed E-state index contributed by atoms with van der Waals surface area (Å²) in [6, 6.07) is 5.83. The van der Waals surface area contributed by atoms with E-state index in [1.807, 2.05) is 22.9 Å². The molecule has 0 aliphatic heterocycles. The van der Waals surface area contributed by atoms with E-state index in [-0.39, 0.29) is 5.56 Å². The smallest absolute Gasteiger partial charge is 0.250 e. The highest BCUT2D eigenvalue weighted by Gasteiger charge is 2.26. The molecule has 0 aromatic carbocycles. The largest absolute Gasteiger partial charge is 0.312 e. The Balaban J connectivity index is 2.29. The van der Waals surface area contributed by atoms with Crippen molar-refractivity contribution in [1.82, 2.24) is 4.57 Å². The van der Waals surface area contributed by atoms with Crippen molar-refractivity contribution >= 4 is 0 Å². The number of nitrogens with zero attached hydrogens (tertiary/aromatic N) is 1. The first-order valence-corrected chi connectivity index (χ1v) is 5.85. The summed E-state index contributed by atoms with van der Waals surface area (Å²) in [4.78, 5) is 11.7. The van der Waals surface area contributed by atoms with Crippen LogP contribution in [0.5, 0.6) is 0 Å². The molecule has 1 aromatic rings. The molecule has 0 bridgehead atoms. The maximum absolute atomic E-state index is 11.7. The molecule has 82 valence electrons. The van der Waals surface area contributed by atoms with Gasteiger partial charge in [-0.1, -0.05) is 26.3 Å². The topological polar surface area (TPSA) is 22.0 Å². The summed E-state index contributed by atoms with van der Waals surface area (Å²) in [6.45, 7) is 4.54. The van der Waals surface area contributed by atoms with E-state index < -0.39 is 0 Å². The third-order valence-electron chi connectivity index (χ3n) is 3.62. The standard InChI is InChI=1S/C13H19NO/c1-10-6-7-11(2)12(9-10)14-8-4-3-5-13(14)15/h3-5,8,10-12H,6-7,9H2,1-2H3. The molecule has 1 aromatic heterocycles. The maximum atomic E-state index is 11.7. The van der Waals surface area contributed by atoms with Gasteiger partial charge in [0.25, 0.3) is 5.56 Å². The van der Waals surface area contributed by atoms with Gasteiger partial charge in [-0.2, -0.15) is 0 Å². The minimum atomic E-state index is 0.142. The molecule has 2 heteroatoms. The predicted octanol–water partition coefficient (Wildman–Crippen LogP) is 2.85. The van der Waals surface area contributed by atoms with E-state index in [0.29, 0.717) is 12.0 Å². The van der Waals surface area contributed by atoms with E-state index in [1.54, 1.807) is 6.07 Å². The molecule has 1 saturated carbocycles. The molecule has 1 fully saturated rings. The summed E-state index contributed by atoms with van der Waals surface area (Å²) in [5.74, 6) is 1.37. The van der Waals surface area contributed by atoms with Gasteiger partial charge in [0.05, 0.1) is 0 Å². The number of rotatable bonds is 1. The molecular formula is C13H19NO. The molecular weight excluding hydrogens is 186 g/mol. The number of pyridine rings is 1. The molecule has 0 N–H and O–H groups in total. The summed E-state index contributed by atoms with van der Waals surface area (Å²) < 4.78 is 1.92. The summed E-state index contributed by atoms with van der Waals surface area (Å²) in [5, 5.41) is 0. The van der Waals surface area contributed by atoms with Crippen LogP contribution < -0.4 is 5.56 Å². The Bertz CT molecular complexity index is 382. The molecule has 0 amide bonds. The predicted molar refractivity (Wildman–Crippen MR) is 61.9 cm³/mol. The van der Waals surface area contributed by atoms with Crippen LogP contribution in [-0.2, 0) is 0 Å². The summed E-state index contributed by atoms with van der Waals surface area (Å²) in [6.07, 6.45) is 5.62. The highest BCUT2D eigenvalue weighted by Crippen LogP contribution is 2.35. The Hall–Kier alpha value is -1.05. The molecule has 1 aliphatic carbocycles. The third kappa shape index (κ3) is 2.14.